The Hall–Kier alpha value is -0.940. The van der Waals surface area contributed by atoms with Gasteiger partial charge in [0.05, 0.1) is 0 Å². The molecule has 0 spiro atoms. The van der Waals surface area contributed by atoms with Crippen molar-refractivity contribution < 1.29 is 9.26 Å². The van der Waals surface area contributed by atoms with Crippen molar-refractivity contribution in [3.05, 3.63) is 11.7 Å². The minimum atomic E-state index is -0.276. The van der Waals surface area contributed by atoms with Crippen LogP contribution in [0.1, 0.15) is 57.2 Å². The highest BCUT2D eigenvalue weighted by molar-refractivity contribution is 5.05. The lowest BCUT2D eigenvalue weighted by Crippen LogP contribution is -2.31. The second-order valence-electron chi connectivity index (χ2n) is 6.06. The summed E-state index contributed by atoms with van der Waals surface area (Å²) in [5.74, 6) is 2.18. The van der Waals surface area contributed by atoms with E-state index >= 15 is 0 Å². The van der Waals surface area contributed by atoms with Crippen molar-refractivity contribution >= 4 is 0 Å². The molecule has 0 amide bonds. The predicted molar refractivity (Wildman–Crippen MR) is 75.4 cm³/mol. The summed E-state index contributed by atoms with van der Waals surface area (Å²) in [4.78, 5) is 4.65. The third kappa shape index (κ3) is 2.88. The fourth-order valence-corrected chi connectivity index (χ4v) is 3.52. The van der Waals surface area contributed by atoms with Crippen LogP contribution < -0.4 is 5.32 Å². The molecule has 1 aromatic heterocycles. The summed E-state index contributed by atoms with van der Waals surface area (Å²) >= 11 is 0. The Morgan fingerprint density at radius 2 is 2.20 bits per heavy atom. The molecular formula is C15H25N3O2. The number of piperidine rings is 1. The van der Waals surface area contributed by atoms with Gasteiger partial charge >= 0.3 is 0 Å². The van der Waals surface area contributed by atoms with E-state index in [1.54, 1.807) is 0 Å². The highest BCUT2D eigenvalue weighted by Gasteiger charge is 2.40. The first kappa shape index (κ1) is 14.0. The van der Waals surface area contributed by atoms with Crippen LogP contribution in [0.25, 0.3) is 0 Å². The molecule has 2 heterocycles. The molecule has 20 heavy (non-hydrogen) atoms. The number of ether oxygens (including phenoxy) is 1. The van der Waals surface area contributed by atoms with Crippen LogP contribution in [-0.4, -0.2) is 29.8 Å². The topological polar surface area (TPSA) is 60.2 Å². The van der Waals surface area contributed by atoms with Gasteiger partial charge in [-0.05, 0) is 64.5 Å². The van der Waals surface area contributed by atoms with Crippen molar-refractivity contribution in [1.29, 1.82) is 0 Å². The quantitative estimate of drug-likeness (QED) is 0.897. The van der Waals surface area contributed by atoms with Crippen molar-refractivity contribution in [3.63, 3.8) is 0 Å². The summed E-state index contributed by atoms with van der Waals surface area (Å²) < 4.78 is 11.5. The standard InChI is InChI=1S/C15H25N3O2/c1-2-19-15(7-3-4-8-15)14-17-13(20-18-14)10-12-6-5-9-16-11-12/h12,16H,2-11H2,1H3. The van der Waals surface area contributed by atoms with E-state index in [4.69, 9.17) is 9.26 Å². The van der Waals surface area contributed by atoms with E-state index in [0.717, 1.165) is 44.1 Å². The van der Waals surface area contributed by atoms with E-state index in [1.807, 2.05) is 6.92 Å². The summed E-state index contributed by atoms with van der Waals surface area (Å²) in [6.45, 7) is 4.94. The normalized spacial score (nSPS) is 25.9. The molecular weight excluding hydrogens is 254 g/mol. The van der Waals surface area contributed by atoms with E-state index in [9.17, 15) is 0 Å². The van der Waals surface area contributed by atoms with Crippen molar-refractivity contribution in [2.75, 3.05) is 19.7 Å². The van der Waals surface area contributed by atoms with Crippen LogP contribution in [0.15, 0.2) is 4.52 Å². The predicted octanol–water partition coefficient (Wildman–Crippen LogP) is 2.42. The van der Waals surface area contributed by atoms with Gasteiger partial charge in [-0.15, -0.1) is 0 Å². The van der Waals surface area contributed by atoms with Crippen LogP contribution in [0.5, 0.6) is 0 Å². The third-order valence-electron chi connectivity index (χ3n) is 4.57. The lowest BCUT2D eigenvalue weighted by atomic mass is 9.96. The third-order valence-corrected chi connectivity index (χ3v) is 4.57. The Labute approximate surface area is 120 Å². The molecule has 2 fully saturated rings. The Bertz CT molecular complexity index is 421. The summed E-state index contributed by atoms with van der Waals surface area (Å²) in [7, 11) is 0. The smallest absolute Gasteiger partial charge is 0.227 e. The van der Waals surface area contributed by atoms with Gasteiger partial charge < -0.3 is 14.6 Å². The van der Waals surface area contributed by atoms with E-state index in [0.29, 0.717) is 12.5 Å². The second-order valence-corrected chi connectivity index (χ2v) is 6.06. The maximum atomic E-state index is 5.98. The minimum absolute atomic E-state index is 0.276. The zero-order valence-electron chi connectivity index (χ0n) is 12.4. The molecule has 5 nitrogen and oxygen atoms in total. The monoisotopic (exact) mass is 279 g/mol. The van der Waals surface area contributed by atoms with E-state index in [2.05, 4.69) is 15.5 Å². The number of hydrogen-bond acceptors (Lipinski definition) is 5. The molecule has 1 aliphatic heterocycles. The number of rotatable bonds is 5. The maximum Gasteiger partial charge on any atom is 0.227 e. The van der Waals surface area contributed by atoms with Crippen LogP contribution in [0.4, 0.5) is 0 Å². The summed E-state index contributed by atoms with van der Waals surface area (Å²) in [6.07, 6.45) is 7.81. The zero-order chi connectivity index (χ0) is 13.8. The maximum absolute atomic E-state index is 5.98. The molecule has 0 bridgehead atoms. The highest BCUT2D eigenvalue weighted by atomic mass is 16.5. The lowest BCUT2D eigenvalue weighted by Gasteiger charge is -2.24. The Balaban J connectivity index is 1.68. The van der Waals surface area contributed by atoms with Crippen LogP contribution in [0, 0.1) is 5.92 Å². The summed E-state index contributed by atoms with van der Waals surface area (Å²) in [5, 5.41) is 7.65. The average molecular weight is 279 g/mol. The van der Waals surface area contributed by atoms with Gasteiger partial charge in [0.2, 0.25) is 11.7 Å². The van der Waals surface area contributed by atoms with Crippen LogP contribution in [0.2, 0.25) is 0 Å². The van der Waals surface area contributed by atoms with Crippen molar-refractivity contribution in [2.45, 2.75) is 57.5 Å². The number of hydrogen-bond donors (Lipinski definition) is 1. The van der Waals surface area contributed by atoms with Crippen molar-refractivity contribution in [2.24, 2.45) is 5.92 Å². The minimum Gasteiger partial charge on any atom is -0.367 e. The average Bonchev–Trinajstić information content (AvgIpc) is 3.10. The first-order chi connectivity index (χ1) is 9.82. The van der Waals surface area contributed by atoms with Gasteiger partial charge in [-0.2, -0.15) is 4.98 Å². The zero-order valence-corrected chi connectivity index (χ0v) is 12.4. The van der Waals surface area contributed by atoms with E-state index in [1.165, 1.54) is 25.7 Å². The van der Waals surface area contributed by atoms with Gasteiger partial charge in [-0.3, -0.25) is 0 Å². The molecule has 1 saturated heterocycles. The molecule has 1 N–H and O–H groups in total. The Kier molecular flexibility index (Phi) is 4.36. The number of nitrogens with one attached hydrogen (secondary N) is 1. The number of nitrogens with zero attached hydrogens (tertiary/aromatic N) is 2. The molecule has 112 valence electrons. The summed E-state index contributed by atoms with van der Waals surface area (Å²) in [5.41, 5.74) is -0.276. The van der Waals surface area contributed by atoms with E-state index < -0.39 is 0 Å². The van der Waals surface area contributed by atoms with Crippen molar-refractivity contribution in [1.82, 2.24) is 15.5 Å². The SMILES string of the molecule is CCOC1(c2noc(CC3CCCNC3)n2)CCCC1. The molecule has 5 heteroatoms. The first-order valence-corrected chi connectivity index (χ1v) is 8.00. The molecule has 1 aromatic rings. The highest BCUT2D eigenvalue weighted by Crippen LogP contribution is 2.40. The lowest BCUT2D eigenvalue weighted by molar-refractivity contribution is -0.0469. The molecule has 2 aliphatic rings. The second kappa shape index (κ2) is 6.22. The molecule has 3 rings (SSSR count). The molecule has 1 atom stereocenters. The van der Waals surface area contributed by atoms with Crippen LogP contribution >= 0.6 is 0 Å². The van der Waals surface area contributed by atoms with Gasteiger partial charge in [-0.1, -0.05) is 5.16 Å². The number of aromatic nitrogens is 2. The fraction of sp³-hybridized carbons (Fsp3) is 0.867. The van der Waals surface area contributed by atoms with Crippen molar-refractivity contribution in [3.8, 4) is 0 Å². The van der Waals surface area contributed by atoms with Gasteiger partial charge in [0.1, 0.15) is 5.60 Å². The van der Waals surface area contributed by atoms with Crippen LogP contribution in [0.3, 0.4) is 0 Å². The van der Waals surface area contributed by atoms with Gasteiger partial charge in [0.25, 0.3) is 0 Å². The summed E-state index contributed by atoms with van der Waals surface area (Å²) in [6, 6.07) is 0. The van der Waals surface area contributed by atoms with Crippen LogP contribution in [-0.2, 0) is 16.8 Å². The largest absolute Gasteiger partial charge is 0.367 e. The van der Waals surface area contributed by atoms with E-state index in [-0.39, 0.29) is 5.60 Å². The van der Waals surface area contributed by atoms with Gasteiger partial charge in [0.15, 0.2) is 0 Å². The molecule has 0 radical (unpaired) electrons. The first-order valence-electron chi connectivity index (χ1n) is 8.00. The fourth-order valence-electron chi connectivity index (χ4n) is 3.52. The molecule has 0 aromatic carbocycles. The van der Waals surface area contributed by atoms with Gasteiger partial charge in [0, 0.05) is 13.0 Å². The Morgan fingerprint density at radius 1 is 1.35 bits per heavy atom. The Morgan fingerprint density at radius 3 is 2.90 bits per heavy atom. The molecule has 1 unspecified atom stereocenters. The molecule has 1 aliphatic carbocycles. The molecule has 1 saturated carbocycles. The van der Waals surface area contributed by atoms with Gasteiger partial charge in [-0.25, -0.2) is 0 Å².